The van der Waals surface area contributed by atoms with E-state index >= 15 is 0 Å². The third-order valence-electron chi connectivity index (χ3n) is 1.99. The highest BCUT2D eigenvalue weighted by Crippen LogP contribution is 2.18. The minimum atomic E-state index is 0.0871. The molecule has 5 heteroatoms. The minimum Gasteiger partial charge on any atom is -0.352 e. The summed E-state index contributed by atoms with van der Waals surface area (Å²) in [6, 6.07) is 0.448. The molecule has 1 heterocycles. The van der Waals surface area contributed by atoms with Crippen LogP contribution in [0.3, 0.4) is 0 Å². The van der Waals surface area contributed by atoms with Crippen LogP contribution in [0.5, 0.6) is 0 Å². The molecule has 1 saturated carbocycles. The van der Waals surface area contributed by atoms with Crippen molar-refractivity contribution in [3.8, 4) is 0 Å². The van der Waals surface area contributed by atoms with E-state index in [1.807, 2.05) is 5.38 Å². The van der Waals surface area contributed by atoms with E-state index in [1.54, 1.807) is 17.5 Å². The van der Waals surface area contributed by atoms with Crippen LogP contribution < -0.4 is 10.6 Å². The average molecular weight is 211 g/mol. The lowest BCUT2D eigenvalue weighted by Gasteiger charge is -2.03. The quantitative estimate of drug-likeness (QED) is 0.746. The highest BCUT2D eigenvalue weighted by molar-refractivity contribution is 7.09. The number of aromatic nitrogens is 1. The van der Waals surface area contributed by atoms with Crippen molar-refractivity contribution >= 4 is 17.2 Å². The maximum Gasteiger partial charge on any atom is 0.234 e. The molecule has 0 atom stereocenters. The van der Waals surface area contributed by atoms with E-state index in [0.717, 1.165) is 17.8 Å². The van der Waals surface area contributed by atoms with Crippen LogP contribution >= 0.6 is 11.3 Å². The van der Waals surface area contributed by atoms with Gasteiger partial charge in [-0.15, -0.1) is 11.3 Å². The van der Waals surface area contributed by atoms with Crippen molar-refractivity contribution in [2.75, 3.05) is 6.54 Å². The fraction of sp³-hybridized carbons (Fsp3) is 0.556. The SMILES string of the molecule is O=C(CNCc1nccs1)NC1CC1. The Morgan fingerprint density at radius 3 is 3.14 bits per heavy atom. The normalized spacial score (nSPS) is 15.4. The molecule has 0 spiro atoms. The molecule has 1 aliphatic rings. The van der Waals surface area contributed by atoms with Gasteiger partial charge in [0, 0.05) is 24.2 Å². The van der Waals surface area contributed by atoms with Crippen LogP contribution in [0, 0.1) is 0 Å². The molecule has 1 aromatic rings. The summed E-state index contributed by atoms with van der Waals surface area (Å²) in [6.45, 7) is 1.06. The molecule has 0 radical (unpaired) electrons. The minimum absolute atomic E-state index is 0.0871. The standard InChI is InChI=1S/C9H13N3OS/c13-8(12-7-1-2-7)5-10-6-9-11-3-4-14-9/h3-4,7,10H,1-2,5-6H2,(H,12,13). The van der Waals surface area contributed by atoms with Crippen molar-refractivity contribution in [3.05, 3.63) is 16.6 Å². The molecular formula is C9H13N3OS. The highest BCUT2D eigenvalue weighted by atomic mass is 32.1. The van der Waals surface area contributed by atoms with Crippen LogP contribution in [-0.4, -0.2) is 23.5 Å². The lowest BCUT2D eigenvalue weighted by Crippen LogP contribution is -2.34. The summed E-state index contributed by atoms with van der Waals surface area (Å²) in [6.07, 6.45) is 4.04. The van der Waals surface area contributed by atoms with E-state index in [9.17, 15) is 4.79 Å². The van der Waals surface area contributed by atoms with Gasteiger partial charge >= 0.3 is 0 Å². The van der Waals surface area contributed by atoms with Crippen molar-refractivity contribution in [3.63, 3.8) is 0 Å². The Bertz CT molecular complexity index is 295. The van der Waals surface area contributed by atoms with E-state index in [2.05, 4.69) is 15.6 Å². The van der Waals surface area contributed by atoms with E-state index in [4.69, 9.17) is 0 Å². The van der Waals surface area contributed by atoms with Gasteiger partial charge in [-0.05, 0) is 12.8 Å². The van der Waals surface area contributed by atoms with Gasteiger partial charge < -0.3 is 10.6 Å². The van der Waals surface area contributed by atoms with Gasteiger partial charge in [0.05, 0.1) is 6.54 Å². The Balaban J connectivity index is 1.60. The van der Waals surface area contributed by atoms with Crippen LogP contribution in [0.1, 0.15) is 17.8 Å². The first-order valence-corrected chi connectivity index (χ1v) is 5.61. The third kappa shape index (κ3) is 3.08. The molecule has 4 nitrogen and oxygen atoms in total. The Morgan fingerprint density at radius 2 is 2.50 bits per heavy atom. The second kappa shape index (κ2) is 4.52. The van der Waals surface area contributed by atoms with Gasteiger partial charge in [0.15, 0.2) is 0 Å². The topological polar surface area (TPSA) is 54.0 Å². The number of nitrogens with zero attached hydrogens (tertiary/aromatic N) is 1. The predicted molar refractivity (Wildman–Crippen MR) is 55.0 cm³/mol. The third-order valence-corrected chi connectivity index (χ3v) is 2.77. The number of hydrogen-bond donors (Lipinski definition) is 2. The number of hydrogen-bond acceptors (Lipinski definition) is 4. The van der Waals surface area contributed by atoms with E-state index < -0.39 is 0 Å². The molecule has 0 aromatic carbocycles. The van der Waals surface area contributed by atoms with Gasteiger partial charge in [-0.1, -0.05) is 0 Å². The van der Waals surface area contributed by atoms with Crippen LogP contribution in [-0.2, 0) is 11.3 Å². The maximum absolute atomic E-state index is 11.2. The number of rotatable bonds is 5. The zero-order valence-corrected chi connectivity index (χ0v) is 8.64. The van der Waals surface area contributed by atoms with Crippen molar-refractivity contribution in [2.45, 2.75) is 25.4 Å². The monoisotopic (exact) mass is 211 g/mol. The Hall–Kier alpha value is -0.940. The zero-order valence-electron chi connectivity index (χ0n) is 7.82. The second-order valence-corrected chi connectivity index (χ2v) is 4.35. The fourth-order valence-corrected chi connectivity index (χ4v) is 1.72. The number of thiazole rings is 1. The summed E-state index contributed by atoms with van der Waals surface area (Å²) in [4.78, 5) is 15.3. The second-order valence-electron chi connectivity index (χ2n) is 3.37. The molecule has 2 N–H and O–H groups in total. The van der Waals surface area contributed by atoms with Gasteiger partial charge in [0.1, 0.15) is 5.01 Å². The van der Waals surface area contributed by atoms with Gasteiger partial charge in [-0.3, -0.25) is 4.79 Å². The van der Waals surface area contributed by atoms with Crippen LogP contribution in [0.2, 0.25) is 0 Å². The van der Waals surface area contributed by atoms with Crippen molar-refractivity contribution in [1.29, 1.82) is 0 Å². The Morgan fingerprint density at radius 1 is 1.64 bits per heavy atom. The maximum atomic E-state index is 11.2. The predicted octanol–water partition coefficient (Wildman–Crippen LogP) is 0.511. The van der Waals surface area contributed by atoms with Crippen molar-refractivity contribution in [2.24, 2.45) is 0 Å². The summed E-state index contributed by atoms with van der Waals surface area (Å²) in [5.74, 6) is 0.0871. The lowest BCUT2D eigenvalue weighted by atomic mass is 10.5. The lowest BCUT2D eigenvalue weighted by molar-refractivity contribution is -0.120. The summed E-state index contributed by atoms with van der Waals surface area (Å²) < 4.78 is 0. The fourth-order valence-electron chi connectivity index (χ4n) is 1.13. The first-order valence-electron chi connectivity index (χ1n) is 4.73. The van der Waals surface area contributed by atoms with Gasteiger partial charge in [-0.25, -0.2) is 4.98 Å². The molecule has 0 aliphatic heterocycles. The Kier molecular flexibility index (Phi) is 3.10. The van der Waals surface area contributed by atoms with Gasteiger partial charge in [-0.2, -0.15) is 0 Å². The summed E-state index contributed by atoms with van der Waals surface area (Å²) >= 11 is 1.60. The number of carbonyl (C=O) groups is 1. The van der Waals surface area contributed by atoms with Gasteiger partial charge in [0.2, 0.25) is 5.91 Å². The number of nitrogens with one attached hydrogen (secondary N) is 2. The average Bonchev–Trinajstić information content (AvgIpc) is 2.82. The van der Waals surface area contributed by atoms with Crippen molar-refractivity contribution < 1.29 is 4.79 Å². The van der Waals surface area contributed by atoms with Crippen molar-refractivity contribution in [1.82, 2.24) is 15.6 Å². The first kappa shape index (κ1) is 9.61. The molecule has 1 fully saturated rings. The molecule has 1 amide bonds. The Labute approximate surface area is 86.7 Å². The van der Waals surface area contributed by atoms with Crippen LogP contribution in [0.25, 0.3) is 0 Å². The smallest absolute Gasteiger partial charge is 0.234 e. The zero-order chi connectivity index (χ0) is 9.80. The molecule has 2 rings (SSSR count). The molecule has 1 aromatic heterocycles. The molecule has 76 valence electrons. The van der Waals surface area contributed by atoms with Gasteiger partial charge in [0.25, 0.3) is 0 Å². The van der Waals surface area contributed by atoms with E-state index in [-0.39, 0.29) is 5.91 Å². The van der Waals surface area contributed by atoms with E-state index in [0.29, 0.717) is 19.1 Å². The molecule has 0 saturated heterocycles. The first-order chi connectivity index (χ1) is 6.84. The van der Waals surface area contributed by atoms with Crippen LogP contribution in [0.15, 0.2) is 11.6 Å². The number of carbonyl (C=O) groups excluding carboxylic acids is 1. The number of amides is 1. The molecule has 0 unspecified atom stereocenters. The summed E-state index contributed by atoms with van der Waals surface area (Å²) in [7, 11) is 0. The molecular weight excluding hydrogens is 198 g/mol. The summed E-state index contributed by atoms with van der Waals surface area (Å²) in [5.41, 5.74) is 0. The van der Waals surface area contributed by atoms with Crippen LogP contribution in [0.4, 0.5) is 0 Å². The largest absolute Gasteiger partial charge is 0.352 e. The summed E-state index contributed by atoms with van der Waals surface area (Å²) in [5, 5.41) is 8.92. The molecule has 0 bridgehead atoms. The molecule has 14 heavy (non-hydrogen) atoms. The van der Waals surface area contributed by atoms with E-state index in [1.165, 1.54) is 0 Å². The highest BCUT2D eigenvalue weighted by Gasteiger charge is 2.22. The molecule has 1 aliphatic carbocycles.